The lowest BCUT2D eigenvalue weighted by atomic mass is 9.96. The van der Waals surface area contributed by atoms with Gasteiger partial charge in [0.25, 0.3) is 0 Å². The van der Waals surface area contributed by atoms with Crippen LogP contribution in [0, 0.1) is 12.8 Å². The molecule has 0 amide bonds. The fourth-order valence-corrected chi connectivity index (χ4v) is 3.38. The summed E-state index contributed by atoms with van der Waals surface area (Å²) in [7, 11) is 2.07. The second kappa shape index (κ2) is 4.43. The van der Waals surface area contributed by atoms with Crippen molar-refractivity contribution in [3.8, 4) is 0 Å². The standard InChI is InChI=1S/C11H18N2S/c1-8-4-6-14-11(8)10(12-2)9-3-5-13-7-9/h4,6,9-10,12-13H,3,5,7H2,1-2H3. The number of thiophene rings is 1. The van der Waals surface area contributed by atoms with Crippen LogP contribution in [0.25, 0.3) is 0 Å². The van der Waals surface area contributed by atoms with Crippen LogP contribution >= 0.6 is 11.3 Å². The van der Waals surface area contributed by atoms with Gasteiger partial charge in [0.15, 0.2) is 0 Å². The first-order valence-electron chi connectivity index (χ1n) is 5.25. The van der Waals surface area contributed by atoms with E-state index in [1.165, 1.54) is 23.4 Å². The average Bonchev–Trinajstić information content (AvgIpc) is 2.80. The van der Waals surface area contributed by atoms with Crippen molar-refractivity contribution in [2.45, 2.75) is 19.4 Å². The smallest absolute Gasteiger partial charge is 0.0456 e. The van der Waals surface area contributed by atoms with Gasteiger partial charge in [-0.15, -0.1) is 11.3 Å². The van der Waals surface area contributed by atoms with E-state index >= 15 is 0 Å². The lowest BCUT2D eigenvalue weighted by molar-refractivity contribution is 0.415. The molecule has 2 N–H and O–H groups in total. The van der Waals surface area contributed by atoms with E-state index in [1.54, 1.807) is 0 Å². The van der Waals surface area contributed by atoms with Crippen LogP contribution in [-0.2, 0) is 0 Å². The number of nitrogens with one attached hydrogen (secondary N) is 2. The Hall–Kier alpha value is -0.380. The van der Waals surface area contributed by atoms with Crippen LogP contribution in [0.5, 0.6) is 0 Å². The molecule has 0 saturated carbocycles. The zero-order valence-corrected chi connectivity index (χ0v) is 9.66. The molecular weight excluding hydrogens is 192 g/mol. The molecule has 2 rings (SSSR count). The highest BCUT2D eigenvalue weighted by Gasteiger charge is 2.26. The van der Waals surface area contributed by atoms with Crippen molar-refractivity contribution in [3.05, 3.63) is 21.9 Å². The first-order valence-corrected chi connectivity index (χ1v) is 6.13. The third-order valence-corrected chi connectivity index (χ3v) is 4.17. The molecule has 1 aromatic heterocycles. The Balaban J connectivity index is 2.16. The molecule has 3 heteroatoms. The summed E-state index contributed by atoms with van der Waals surface area (Å²) in [6, 6.07) is 2.76. The van der Waals surface area contributed by atoms with Crippen molar-refractivity contribution < 1.29 is 0 Å². The highest BCUT2D eigenvalue weighted by molar-refractivity contribution is 7.10. The van der Waals surface area contributed by atoms with Gasteiger partial charge in [-0.05, 0) is 56.4 Å². The maximum Gasteiger partial charge on any atom is 0.0456 e. The van der Waals surface area contributed by atoms with E-state index in [9.17, 15) is 0 Å². The summed E-state index contributed by atoms with van der Waals surface area (Å²) in [6.45, 7) is 4.54. The molecule has 1 fully saturated rings. The van der Waals surface area contributed by atoms with E-state index < -0.39 is 0 Å². The first-order chi connectivity index (χ1) is 6.83. The fourth-order valence-electron chi connectivity index (χ4n) is 2.25. The van der Waals surface area contributed by atoms with Crippen molar-refractivity contribution in [3.63, 3.8) is 0 Å². The molecule has 78 valence electrons. The minimum atomic E-state index is 0.546. The zero-order valence-electron chi connectivity index (χ0n) is 8.84. The predicted octanol–water partition coefficient (Wildman–Crippen LogP) is 1.93. The molecule has 2 heterocycles. The Morgan fingerprint density at radius 1 is 1.64 bits per heavy atom. The summed E-state index contributed by atoms with van der Waals surface area (Å²) in [6.07, 6.45) is 1.29. The van der Waals surface area contributed by atoms with Gasteiger partial charge in [-0.2, -0.15) is 0 Å². The van der Waals surface area contributed by atoms with Crippen LogP contribution in [0.4, 0.5) is 0 Å². The Kier molecular flexibility index (Phi) is 3.21. The summed E-state index contributed by atoms with van der Waals surface area (Å²) in [5.41, 5.74) is 1.43. The molecule has 0 aromatic carbocycles. The van der Waals surface area contributed by atoms with E-state index in [2.05, 4.69) is 36.1 Å². The third-order valence-electron chi connectivity index (χ3n) is 3.07. The van der Waals surface area contributed by atoms with Crippen molar-refractivity contribution in [2.75, 3.05) is 20.1 Å². The number of aryl methyl sites for hydroxylation is 1. The molecule has 14 heavy (non-hydrogen) atoms. The Bertz CT molecular complexity index is 289. The van der Waals surface area contributed by atoms with Gasteiger partial charge in [-0.25, -0.2) is 0 Å². The van der Waals surface area contributed by atoms with Gasteiger partial charge in [-0.3, -0.25) is 0 Å². The molecule has 0 bridgehead atoms. The van der Waals surface area contributed by atoms with Gasteiger partial charge >= 0.3 is 0 Å². The minimum Gasteiger partial charge on any atom is -0.316 e. The van der Waals surface area contributed by atoms with Crippen LogP contribution in [0.3, 0.4) is 0 Å². The lowest BCUT2D eigenvalue weighted by Crippen LogP contribution is -2.26. The summed E-state index contributed by atoms with van der Waals surface area (Å²) < 4.78 is 0. The fraction of sp³-hybridized carbons (Fsp3) is 0.636. The quantitative estimate of drug-likeness (QED) is 0.796. The predicted molar refractivity (Wildman–Crippen MR) is 61.8 cm³/mol. The van der Waals surface area contributed by atoms with E-state index in [0.29, 0.717) is 6.04 Å². The van der Waals surface area contributed by atoms with E-state index in [0.717, 1.165) is 12.5 Å². The van der Waals surface area contributed by atoms with Gasteiger partial charge in [0.05, 0.1) is 0 Å². The van der Waals surface area contributed by atoms with Crippen molar-refractivity contribution in [1.82, 2.24) is 10.6 Å². The van der Waals surface area contributed by atoms with Crippen LogP contribution < -0.4 is 10.6 Å². The summed E-state index contributed by atoms with van der Waals surface area (Å²) in [4.78, 5) is 1.52. The van der Waals surface area contributed by atoms with Gasteiger partial charge in [0.2, 0.25) is 0 Å². The summed E-state index contributed by atoms with van der Waals surface area (Å²) >= 11 is 1.88. The maximum atomic E-state index is 3.46. The lowest BCUT2D eigenvalue weighted by Gasteiger charge is -2.22. The number of rotatable bonds is 3. The van der Waals surface area contributed by atoms with Crippen molar-refractivity contribution >= 4 is 11.3 Å². The van der Waals surface area contributed by atoms with Gasteiger partial charge < -0.3 is 10.6 Å². The van der Waals surface area contributed by atoms with E-state index in [4.69, 9.17) is 0 Å². The Morgan fingerprint density at radius 2 is 2.50 bits per heavy atom. The second-order valence-electron chi connectivity index (χ2n) is 3.99. The highest BCUT2D eigenvalue weighted by Crippen LogP contribution is 2.31. The SMILES string of the molecule is CNC(c1sccc1C)C1CCNC1. The van der Waals surface area contributed by atoms with Crippen LogP contribution in [0.15, 0.2) is 11.4 Å². The molecule has 2 unspecified atom stereocenters. The number of hydrogen-bond acceptors (Lipinski definition) is 3. The van der Waals surface area contributed by atoms with Crippen LogP contribution in [-0.4, -0.2) is 20.1 Å². The molecule has 1 aliphatic heterocycles. The Labute approximate surface area is 89.7 Å². The second-order valence-corrected chi connectivity index (χ2v) is 4.93. The van der Waals surface area contributed by atoms with Crippen molar-refractivity contribution in [1.29, 1.82) is 0 Å². The zero-order chi connectivity index (χ0) is 9.97. The molecule has 0 spiro atoms. The van der Waals surface area contributed by atoms with Gasteiger partial charge in [0, 0.05) is 10.9 Å². The van der Waals surface area contributed by atoms with Gasteiger partial charge in [-0.1, -0.05) is 0 Å². The van der Waals surface area contributed by atoms with Crippen LogP contribution in [0.2, 0.25) is 0 Å². The molecular formula is C11H18N2S. The third kappa shape index (κ3) is 1.85. The average molecular weight is 210 g/mol. The molecule has 2 atom stereocenters. The molecule has 1 aromatic rings. The molecule has 1 saturated heterocycles. The maximum absolute atomic E-state index is 3.46. The van der Waals surface area contributed by atoms with E-state index in [-0.39, 0.29) is 0 Å². The summed E-state index contributed by atoms with van der Waals surface area (Å²) in [5.74, 6) is 0.761. The molecule has 1 aliphatic rings. The molecule has 0 radical (unpaired) electrons. The summed E-state index contributed by atoms with van der Waals surface area (Å²) in [5, 5.41) is 9.08. The highest BCUT2D eigenvalue weighted by atomic mass is 32.1. The minimum absolute atomic E-state index is 0.546. The number of hydrogen-bond donors (Lipinski definition) is 2. The van der Waals surface area contributed by atoms with Crippen LogP contribution in [0.1, 0.15) is 22.9 Å². The first kappa shape index (κ1) is 10.1. The van der Waals surface area contributed by atoms with Crippen molar-refractivity contribution in [2.24, 2.45) is 5.92 Å². The largest absolute Gasteiger partial charge is 0.316 e. The normalized spacial score (nSPS) is 24.0. The Morgan fingerprint density at radius 3 is 3.00 bits per heavy atom. The molecule has 2 nitrogen and oxygen atoms in total. The monoisotopic (exact) mass is 210 g/mol. The van der Waals surface area contributed by atoms with E-state index in [1.807, 2.05) is 11.3 Å². The van der Waals surface area contributed by atoms with Gasteiger partial charge in [0.1, 0.15) is 0 Å². The molecule has 0 aliphatic carbocycles. The topological polar surface area (TPSA) is 24.1 Å².